The van der Waals surface area contributed by atoms with Crippen molar-refractivity contribution in [2.75, 3.05) is 26.2 Å². The van der Waals surface area contributed by atoms with E-state index in [1.807, 2.05) is 47.7 Å². The van der Waals surface area contributed by atoms with E-state index in [2.05, 4.69) is 9.88 Å². The van der Waals surface area contributed by atoms with Crippen molar-refractivity contribution in [3.8, 4) is 0 Å². The van der Waals surface area contributed by atoms with E-state index in [1.54, 1.807) is 0 Å². The largest absolute Gasteiger partial charge is 0.339 e. The highest BCUT2D eigenvalue weighted by Gasteiger charge is 2.27. The summed E-state index contributed by atoms with van der Waals surface area (Å²) in [6.07, 6.45) is 3.87. The van der Waals surface area contributed by atoms with Crippen LogP contribution < -0.4 is 5.73 Å². The maximum Gasteiger partial charge on any atom is 0.239 e. The number of hydrogen-bond acceptors (Lipinski definition) is 4. The Balaban J connectivity index is 1.57. The summed E-state index contributed by atoms with van der Waals surface area (Å²) in [6.45, 7) is 7.85. The zero-order chi connectivity index (χ0) is 17.3. The van der Waals surface area contributed by atoms with Gasteiger partial charge < -0.3 is 15.0 Å². The van der Waals surface area contributed by atoms with Gasteiger partial charge in [-0.15, -0.1) is 0 Å². The maximum absolute atomic E-state index is 12.3. The molecule has 1 aliphatic heterocycles. The van der Waals surface area contributed by atoms with Gasteiger partial charge in [0.2, 0.25) is 5.91 Å². The lowest BCUT2D eigenvalue weighted by molar-refractivity contribution is -0.135. The van der Waals surface area contributed by atoms with Crippen LogP contribution in [0.3, 0.4) is 0 Å². The third-order valence-electron chi connectivity index (χ3n) is 4.54. The van der Waals surface area contributed by atoms with Crippen molar-refractivity contribution >= 4 is 23.2 Å². The molecule has 3 rings (SSSR count). The second kappa shape index (κ2) is 7.09. The lowest BCUT2D eigenvalue weighted by Gasteiger charge is -2.36. The highest BCUT2D eigenvalue weighted by molar-refractivity contribution is 6.30. The Bertz CT molecular complexity index is 721. The van der Waals surface area contributed by atoms with Gasteiger partial charge in [0.25, 0.3) is 0 Å². The van der Waals surface area contributed by atoms with Gasteiger partial charge in [-0.05, 0) is 18.1 Å². The predicted molar refractivity (Wildman–Crippen MR) is 94.9 cm³/mol. The lowest BCUT2D eigenvalue weighted by Crippen LogP contribution is -2.54. The van der Waals surface area contributed by atoms with Crippen molar-refractivity contribution in [2.24, 2.45) is 11.7 Å². The monoisotopic (exact) mass is 349 g/mol. The molecule has 1 amide bonds. The summed E-state index contributed by atoms with van der Waals surface area (Å²) in [5.41, 5.74) is 7.88. The van der Waals surface area contributed by atoms with Crippen LogP contribution in [0.4, 0.5) is 0 Å². The maximum atomic E-state index is 12.3. The molecule has 2 N–H and O–H groups in total. The van der Waals surface area contributed by atoms with Crippen molar-refractivity contribution < 1.29 is 4.79 Å². The van der Waals surface area contributed by atoms with Crippen LogP contribution >= 0.6 is 11.6 Å². The van der Waals surface area contributed by atoms with Crippen LogP contribution in [0.15, 0.2) is 24.5 Å². The summed E-state index contributed by atoms with van der Waals surface area (Å²) in [6, 6.07) is 3.35. The van der Waals surface area contributed by atoms with Crippen molar-refractivity contribution in [3.05, 3.63) is 35.2 Å². The van der Waals surface area contributed by atoms with E-state index >= 15 is 0 Å². The number of pyridine rings is 1. The molecule has 1 fully saturated rings. The standard InChI is InChI=1S/C17H24ClN5O/c1-12(2)16(19)17(24)22-7-5-21(6-8-22)10-14-11-23-9-13(18)3-4-15(23)20-14/h3-4,9,11-12,16H,5-8,10,19H2,1-2H3/t16-/m0/s1. The van der Waals surface area contributed by atoms with Gasteiger partial charge in [0.1, 0.15) is 5.65 Å². The van der Waals surface area contributed by atoms with Crippen LogP contribution in [0.25, 0.3) is 5.65 Å². The fourth-order valence-electron chi connectivity index (χ4n) is 2.94. The molecule has 1 saturated heterocycles. The van der Waals surface area contributed by atoms with Crippen molar-refractivity contribution in [1.82, 2.24) is 19.2 Å². The third-order valence-corrected chi connectivity index (χ3v) is 4.76. The van der Waals surface area contributed by atoms with Crippen molar-refractivity contribution in [3.63, 3.8) is 0 Å². The summed E-state index contributed by atoms with van der Waals surface area (Å²) in [4.78, 5) is 21.1. The van der Waals surface area contributed by atoms with Crippen LogP contribution in [0.1, 0.15) is 19.5 Å². The van der Waals surface area contributed by atoms with E-state index in [0.29, 0.717) is 5.02 Å². The average molecular weight is 350 g/mol. The molecule has 1 atom stereocenters. The van der Waals surface area contributed by atoms with E-state index in [-0.39, 0.29) is 11.8 Å². The van der Waals surface area contributed by atoms with Crippen molar-refractivity contribution in [1.29, 1.82) is 0 Å². The molecule has 0 bridgehead atoms. The van der Waals surface area contributed by atoms with E-state index in [9.17, 15) is 4.79 Å². The SMILES string of the molecule is CC(C)[C@H](N)C(=O)N1CCN(Cc2cn3cc(Cl)ccc3n2)CC1. The van der Waals surface area contributed by atoms with Gasteiger partial charge in [-0.1, -0.05) is 25.4 Å². The number of carbonyl (C=O) groups is 1. The van der Waals surface area contributed by atoms with Crippen LogP contribution in [-0.4, -0.2) is 57.3 Å². The number of amides is 1. The number of carbonyl (C=O) groups excluding carboxylic acids is 1. The molecule has 2 aromatic heterocycles. The quantitative estimate of drug-likeness (QED) is 0.910. The van der Waals surface area contributed by atoms with Gasteiger partial charge in [-0.25, -0.2) is 4.98 Å². The number of piperazine rings is 1. The molecular weight excluding hydrogens is 326 g/mol. The minimum absolute atomic E-state index is 0.0621. The fourth-order valence-corrected chi connectivity index (χ4v) is 3.11. The lowest BCUT2D eigenvalue weighted by atomic mass is 10.0. The molecule has 130 valence electrons. The van der Waals surface area contributed by atoms with Gasteiger partial charge in [0.15, 0.2) is 0 Å². The number of nitrogens with two attached hydrogens (primary N) is 1. The molecular formula is C17H24ClN5O. The first-order valence-electron chi connectivity index (χ1n) is 8.34. The smallest absolute Gasteiger partial charge is 0.239 e. The number of halogens is 1. The van der Waals surface area contributed by atoms with Gasteiger partial charge in [-0.3, -0.25) is 9.69 Å². The minimum Gasteiger partial charge on any atom is -0.339 e. The Labute approximate surface area is 147 Å². The Morgan fingerprint density at radius 3 is 2.62 bits per heavy atom. The van der Waals surface area contributed by atoms with Crippen LogP contribution in [0.2, 0.25) is 5.02 Å². The topological polar surface area (TPSA) is 66.9 Å². The van der Waals surface area contributed by atoms with Gasteiger partial charge in [0.05, 0.1) is 16.8 Å². The number of rotatable bonds is 4. The average Bonchev–Trinajstić information content (AvgIpc) is 2.95. The number of aromatic nitrogens is 2. The van der Waals surface area contributed by atoms with E-state index in [1.165, 1.54) is 0 Å². The van der Waals surface area contributed by atoms with Crippen LogP contribution in [0.5, 0.6) is 0 Å². The van der Waals surface area contributed by atoms with Crippen molar-refractivity contribution in [2.45, 2.75) is 26.4 Å². The molecule has 7 heteroatoms. The third kappa shape index (κ3) is 3.71. The Morgan fingerprint density at radius 1 is 1.25 bits per heavy atom. The predicted octanol–water partition coefficient (Wildman–Crippen LogP) is 1.62. The summed E-state index contributed by atoms with van der Waals surface area (Å²) >= 11 is 6.01. The first-order valence-corrected chi connectivity index (χ1v) is 8.71. The zero-order valence-electron chi connectivity index (χ0n) is 14.2. The first kappa shape index (κ1) is 17.2. The van der Waals surface area contributed by atoms with Crippen LogP contribution in [0, 0.1) is 5.92 Å². The van der Waals surface area contributed by atoms with E-state index in [4.69, 9.17) is 17.3 Å². The molecule has 0 aliphatic carbocycles. The highest BCUT2D eigenvalue weighted by atomic mass is 35.5. The molecule has 6 nitrogen and oxygen atoms in total. The Morgan fingerprint density at radius 2 is 1.96 bits per heavy atom. The van der Waals surface area contributed by atoms with E-state index < -0.39 is 6.04 Å². The number of fused-ring (bicyclic) bond motifs is 1. The van der Waals surface area contributed by atoms with Gasteiger partial charge >= 0.3 is 0 Å². The summed E-state index contributed by atoms with van der Waals surface area (Å²) < 4.78 is 1.94. The Hall–Kier alpha value is -1.63. The summed E-state index contributed by atoms with van der Waals surface area (Å²) in [5, 5.41) is 0.695. The normalized spacial score (nSPS) is 17.6. The molecule has 24 heavy (non-hydrogen) atoms. The number of nitrogens with zero attached hydrogens (tertiary/aromatic N) is 4. The van der Waals surface area contributed by atoms with Gasteiger partial charge in [-0.2, -0.15) is 0 Å². The van der Waals surface area contributed by atoms with Gasteiger partial charge in [0, 0.05) is 45.1 Å². The number of hydrogen-bond donors (Lipinski definition) is 1. The second-order valence-corrected chi connectivity index (χ2v) is 7.15. The molecule has 1 aliphatic rings. The molecule has 0 saturated carbocycles. The first-order chi connectivity index (χ1) is 11.4. The Kier molecular flexibility index (Phi) is 5.08. The molecule has 0 aromatic carbocycles. The summed E-state index contributed by atoms with van der Waals surface area (Å²) in [7, 11) is 0. The summed E-state index contributed by atoms with van der Waals surface area (Å²) in [5.74, 6) is 0.229. The highest BCUT2D eigenvalue weighted by Crippen LogP contribution is 2.14. The fraction of sp³-hybridized carbons (Fsp3) is 0.529. The number of imidazole rings is 1. The second-order valence-electron chi connectivity index (χ2n) is 6.72. The molecule has 0 spiro atoms. The molecule has 2 aromatic rings. The molecule has 0 radical (unpaired) electrons. The van der Waals surface area contributed by atoms with E-state index in [0.717, 1.165) is 44.1 Å². The van der Waals surface area contributed by atoms with Crippen LogP contribution in [-0.2, 0) is 11.3 Å². The molecule has 3 heterocycles. The zero-order valence-corrected chi connectivity index (χ0v) is 14.9. The minimum atomic E-state index is -0.403. The molecule has 0 unspecified atom stereocenters.